The second-order valence-corrected chi connectivity index (χ2v) is 8.63. The number of benzene rings is 1. The van der Waals surface area contributed by atoms with Gasteiger partial charge in [0.1, 0.15) is 9.79 Å². The van der Waals surface area contributed by atoms with Crippen LogP contribution < -0.4 is 21.7 Å². The Bertz CT molecular complexity index is 1190. The quantitative estimate of drug-likeness (QED) is 0.249. The fourth-order valence-electron chi connectivity index (χ4n) is 2.10. The molecule has 17 heteroatoms. The molecule has 0 atom stereocenters. The molecule has 0 fully saturated rings. The van der Waals surface area contributed by atoms with Crippen molar-refractivity contribution in [3.05, 3.63) is 17.4 Å². The van der Waals surface area contributed by atoms with Crippen LogP contribution in [0.4, 0.5) is 23.3 Å². The van der Waals surface area contributed by atoms with Gasteiger partial charge in [-0.2, -0.15) is 31.8 Å². The lowest BCUT2D eigenvalue weighted by molar-refractivity contribution is -0.116. The fraction of sp³-hybridized carbons (Fsp3) is 0.167. The zero-order valence-corrected chi connectivity index (χ0v) is 16.8. The highest BCUT2D eigenvalue weighted by Crippen LogP contribution is 2.31. The molecule has 0 spiro atoms. The van der Waals surface area contributed by atoms with Crippen LogP contribution in [0.2, 0.25) is 5.28 Å². The number of aromatic nitrogens is 3. The molecular weight excluding hydrogens is 454 g/mol. The number of carbonyl (C=O) groups excluding carboxylic acids is 1. The number of nitrogens with zero attached hydrogens (tertiary/aromatic N) is 4. The van der Waals surface area contributed by atoms with Gasteiger partial charge in [0.15, 0.2) is 0 Å². The minimum Gasteiger partial charge on any atom is -0.398 e. The first kappa shape index (κ1) is 22.5. The number of likely N-dealkylation sites (N-methyl/N-ethyl adjacent to an activating group) is 1. The van der Waals surface area contributed by atoms with Gasteiger partial charge < -0.3 is 21.7 Å². The Morgan fingerprint density at radius 3 is 2.24 bits per heavy atom. The van der Waals surface area contributed by atoms with Crippen molar-refractivity contribution in [2.24, 2.45) is 5.73 Å². The van der Waals surface area contributed by atoms with Gasteiger partial charge >= 0.3 is 0 Å². The Kier molecular flexibility index (Phi) is 6.14. The first-order valence-corrected chi connectivity index (χ1v) is 10.5. The van der Waals surface area contributed by atoms with Gasteiger partial charge in [-0.1, -0.05) is 0 Å². The maximum atomic E-state index is 11.7. The van der Waals surface area contributed by atoms with Gasteiger partial charge in [0, 0.05) is 7.05 Å². The van der Waals surface area contributed by atoms with Crippen molar-refractivity contribution in [1.29, 1.82) is 0 Å². The zero-order chi connectivity index (χ0) is 22.1. The van der Waals surface area contributed by atoms with Crippen LogP contribution in [-0.4, -0.2) is 60.4 Å². The monoisotopic (exact) mass is 467 g/mol. The Morgan fingerprint density at radius 1 is 1.14 bits per heavy atom. The number of hydrogen-bond donors (Lipinski definition) is 5. The zero-order valence-electron chi connectivity index (χ0n) is 14.4. The van der Waals surface area contributed by atoms with Gasteiger partial charge in [-0.3, -0.25) is 13.9 Å². The van der Waals surface area contributed by atoms with Gasteiger partial charge in [0.05, 0.1) is 17.9 Å². The first-order chi connectivity index (χ1) is 13.2. The molecule has 1 amide bonds. The van der Waals surface area contributed by atoms with E-state index in [1.165, 1.54) is 11.9 Å². The number of nitrogen functional groups attached to an aromatic ring is 1. The van der Waals surface area contributed by atoms with Gasteiger partial charge in [0.25, 0.3) is 20.2 Å². The summed E-state index contributed by atoms with van der Waals surface area (Å²) >= 11 is 5.79. The van der Waals surface area contributed by atoms with E-state index in [9.17, 15) is 26.2 Å². The molecule has 2 rings (SSSR count). The number of nitrogens with one attached hydrogen (secondary N) is 1. The van der Waals surface area contributed by atoms with Gasteiger partial charge in [-0.15, -0.1) is 0 Å². The van der Waals surface area contributed by atoms with Crippen LogP contribution in [0, 0.1) is 0 Å². The number of primary amides is 1. The van der Waals surface area contributed by atoms with Crippen molar-refractivity contribution in [1.82, 2.24) is 15.0 Å². The minimum absolute atomic E-state index is 0.109. The van der Waals surface area contributed by atoms with E-state index < -0.39 is 47.3 Å². The van der Waals surface area contributed by atoms with Crippen molar-refractivity contribution < 1.29 is 30.7 Å². The van der Waals surface area contributed by atoms with Crippen molar-refractivity contribution in [3.8, 4) is 0 Å². The third kappa shape index (κ3) is 5.61. The van der Waals surface area contributed by atoms with E-state index in [1.54, 1.807) is 0 Å². The van der Waals surface area contributed by atoms with Gasteiger partial charge in [-0.25, -0.2) is 0 Å². The molecule has 0 aliphatic carbocycles. The average Bonchev–Trinajstić information content (AvgIpc) is 2.51. The molecule has 1 aromatic carbocycles. The standard InChI is InChI=1S/C12H14ClN7O7S2/c1-20(4-9(15)21)12-18-10(13)17-11(19-12)16-6-2-5(14)7(28(22,23)24)3-8(6)29(25,26)27/h2-3H,4,14H2,1H3,(H2,15,21)(H,22,23,24)(H,25,26,27)(H,16,17,18,19). The van der Waals surface area contributed by atoms with E-state index in [4.69, 9.17) is 27.6 Å². The highest BCUT2D eigenvalue weighted by Gasteiger charge is 2.24. The molecule has 0 bridgehead atoms. The Balaban J connectivity index is 2.58. The highest BCUT2D eigenvalue weighted by molar-refractivity contribution is 7.86. The van der Waals surface area contributed by atoms with Crippen LogP contribution in [-0.2, 0) is 25.0 Å². The van der Waals surface area contributed by atoms with Crippen molar-refractivity contribution >= 4 is 61.0 Å². The van der Waals surface area contributed by atoms with E-state index in [2.05, 4.69) is 20.3 Å². The predicted octanol–water partition coefficient (Wildman–Crippen LogP) is -0.734. The molecule has 2 aromatic rings. The summed E-state index contributed by atoms with van der Waals surface area (Å²) in [6.07, 6.45) is 0. The topological polar surface area (TPSA) is 232 Å². The van der Waals surface area contributed by atoms with Crippen LogP contribution >= 0.6 is 11.6 Å². The third-order valence-corrected chi connectivity index (χ3v) is 5.22. The van der Waals surface area contributed by atoms with E-state index in [1.807, 2.05) is 0 Å². The molecule has 0 unspecified atom stereocenters. The van der Waals surface area contributed by atoms with Gasteiger partial charge in [-0.05, 0) is 23.7 Å². The Labute approximate surface area is 169 Å². The van der Waals surface area contributed by atoms with Crippen LogP contribution in [0.3, 0.4) is 0 Å². The number of anilines is 4. The maximum absolute atomic E-state index is 11.7. The number of nitrogens with two attached hydrogens (primary N) is 2. The number of carbonyl (C=O) groups is 1. The number of halogens is 1. The molecular formula is C12H14ClN7O7S2. The molecule has 1 aromatic heterocycles. The maximum Gasteiger partial charge on any atom is 0.296 e. The normalized spacial score (nSPS) is 11.9. The molecule has 0 saturated carbocycles. The second kappa shape index (κ2) is 7.91. The molecule has 14 nitrogen and oxygen atoms in total. The number of rotatable bonds is 7. The number of amides is 1. The smallest absolute Gasteiger partial charge is 0.296 e. The summed E-state index contributed by atoms with van der Waals surface area (Å²) in [6, 6.07) is 1.27. The van der Waals surface area contributed by atoms with E-state index in [-0.39, 0.29) is 23.7 Å². The first-order valence-electron chi connectivity index (χ1n) is 7.25. The summed E-state index contributed by atoms with van der Waals surface area (Å²) in [7, 11) is -8.44. The molecule has 0 saturated heterocycles. The molecule has 7 N–H and O–H groups in total. The average molecular weight is 468 g/mol. The van der Waals surface area contributed by atoms with Gasteiger partial charge in [0.2, 0.25) is 23.1 Å². The SMILES string of the molecule is CN(CC(N)=O)c1nc(Cl)nc(Nc2cc(N)c(S(=O)(=O)O)cc2S(=O)(=O)O)n1. The number of hydrogen-bond acceptors (Lipinski definition) is 11. The summed E-state index contributed by atoms with van der Waals surface area (Å²) < 4.78 is 64.5. The van der Waals surface area contributed by atoms with Crippen LogP contribution in [0.15, 0.2) is 21.9 Å². The molecule has 0 aliphatic rings. The largest absolute Gasteiger partial charge is 0.398 e. The van der Waals surface area contributed by atoms with Crippen LogP contribution in [0.5, 0.6) is 0 Å². The summed E-state index contributed by atoms with van der Waals surface area (Å²) in [4.78, 5) is 21.8. The lowest BCUT2D eigenvalue weighted by atomic mass is 10.3. The van der Waals surface area contributed by atoms with Crippen LogP contribution in [0.25, 0.3) is 0 Å². The summed E-state index contributed by atoms with van der Waals surface area (Å²) in [5.41, 5.74) is 9.67. The minimum atomic E-state index is -4.97. The van der Waals surface area contributed by atoms with E-state index in [0.717, 1.165) is 6.07 Å². The Morgan fingerprint density at radius 2 is 1.72 bits per heavy atom. The van der Waals surface area contributed by atoms with E-state index in [0.29, 0.717) is 6.07 Å². The predicted molar refractivity (Wildman–Crippen MR) is 101 cm³/mol. The third-order valence-electron chi connectivity index (χ3n) is 3.25. The van der Waals surface area contributed by atoms with Crippen molar-refractivity contribution in [3.63, 3.8) is 0 Å². The highest BCUT2D eigenvalue weighted by atomic mass is 35.5. The fourth-order valence-corrected chi connectivity index (χ4v) is 3.61. The molecule has 29 heavy (non-hydrogen) atoms. The van der Waals surface area contributed by atoms with Crippen molar-refractivity contribution in [2.75, 3.05) is 29.5 Å². The Hall–Kier alpha value is -2.79. The lowest BCUT2D eigenvalue weighted by Gasteiger charge is -2.16. The summed E-state index contributed by atoms with van der Waals surface area (Å²) in [5.74, 6) is -1.14. The molecule has 0 aliphatic heterocycles. The molecule has 1 heterocycles. The second-order valence-electron chi connectivity index (χ2n) is 5.51. The van der Waals surface area contributed by atoms with Crippen LogP contribution in [0.1, 0.15) is 0 Å². The molecule has 0 radical (unpaired) electrons. The lowest BCUT2D eigenvalue weighted by Crippen LogP contribution is -2.31. The molecule has 158 valence electrons. The summed E-state index contributed by atoms with van der Waals surface area (Å²) in [5, 5.41) is 2.06. The van der Waals surface area contributed by atoms with Crippen molar-refractivity contribution in [2.45, 2.75) is 9.79 Å². The van der Waals surface area contributed by atoms with E-state index >= 15 is 0 Å². The summed E-state index contributed by atoms with van der Waals surface area (Å²) in [6.45, 7) is -0.272.